The molecule has 0 saturated carbocycles. The summed E-state index contributed by atoms with van der Waals surface area (Å²) in [6.07, 6.45) is 0. The number of hydrogen-bond donors (Lipinski definition) is 1. The van der Waals surface area contributed by atoms with Crippen LogP contribution in [0.15, 0.2) is 53.4 Å². The molecule has 112 valence electrons. The van der Waals surface area contributed by atoms with Crippen molar-refractivity contribution in [3.05, 3.63) is 59.8 Å². The van der Waals surface area contributed by atoms with E-state index in [1.165, 1.54) is 0 Å². The van der Waals surface area contributed by atoms with Gasteiger partial charge >= 0.3 is 0 Å². The van der Waals surface area contributed by atoms with Gasteiger partial charge in [0, 0.05) is 27.1 Å². The van der Waals surface area contributed by atoms with Crippen LogP contribution in [0, 0.1) is 6.92 Å². The summed E-state index contributed by atoms with van der Waals surface area (Å²) < 4.78 is 5.27. The molecule has 3 nitrogen and oxygen atoms in total. The first-order chi connectivity index (χ1) is 10.7. The van der Waals surface area contributed by atoms with Crippen molar-refractivity contribution in [1.82, 2.24) is 4.98 Å². The van der Waals surface area contributed by atoms with Crippen molar-refractivity contribution in [3.8, 4) is 5.75 Å². The minimum Gasteiger partial charge on any atom is -0.497 e. The Balaban J connectivity index is 1.88. The van der Waals surface area contributed by atoms with Gasteiger partial charge < -0.3 is 9.72 Å². The maximum Gasteiger partial charge on any atom is 0.175 e. The number of hydrogen-bond acceptors (Lipinski definition) is 3. The van der Waals surface area contributed by atoms with Crippen LogP contribution in [-0.2, 0) is 0 Å². The number of thioether (sulfide) groups is 1. The lowest BCUT2D eigenvalue weighted by Gasteiger charge is -2.03. The van der Waals surface area contributed by atoms with Gasteiger partial charge in [0.05, 0.1) is 12.9 Å². The molecule has 0 aliphatic carbocycles. The standard InChI is InChI=1S/C18H17NO2S/c1-12-18(15-10-13(21-2)8-9-16(15)19-12)17(20)11-22-14-6-4-3-5-7-14/h3-10,19H,11H2,1-2H3. The topological polar surface area (TPSA) is 42.1 Å². The van der Waals surface area contributed by atoms with Gasteiger partial charge in [-0.15, -0.1) is 11.8 Å². The predicted molar refractivity (Wildman–Crippen MR) is 91.1 cm³/mol. The Kier molecular flexibility index (Phi) is 4.20. The number of Topliss-reactive ketones (excluding diaryl/α,β-unsaturated/α-hetero) is 1. The number of benzene rings is 2. The molecule has 4 heteroatoms. The van der Waals surface area contributed by atoms with Crippen LogP contribution in [0.1, 0.15) is 16.1 Å². The monoisotopic (exact) mass is 311 g/mol. The summed E-state index contributed by atoms with van der Waals surface area (Å²) in [6, 6.07) is 15.7. The van der Waals surface area contributed by atoms with Crippen LogP contribution in [0.25, 0.3) is 10.9 Å². The zero-order chi connectivity index (χ0) is 15.5. The first-order valence-electron chi connectivity index (χ1n) is 7.06. The van der Waals surface area contributed by atoms with Gasteiger partial charge in [0.15, 0.2) is 5.78 Å². The number of aryl methyl sites for hydroxylation is 1. The van der Waals surface area contributed by atoms with E-state index >= 15 is 0 Å². The number of fused-ring (bicyclic) bond motifs is 1. The second-order valence-electron chi connectivity index (χ2n) is 5.06. The van der Waals surface area contributed by atoms with E-state index in [1.54, 1.807) is 18.9 Å². The third-order valence-corrected chi connectivity index (χ3v) is 4.60. The number of carbonyl (C=O) groups is 1. The van der Waals surface area contributed by atoms with E-state index in [1.807, 2.05) is 55.5 Å². The minimum atomic E-state index is 0.130. The molecule has 0 unspecified atom stereocenters. The molecule has 2 aromatic carbocycles. The van der Waals surface area contributed by atoms with Gasteiger partial charge in [0.1, 0.15) is 5.75 Å². The van der Waals surface area contributed by atoms with Gasteiger partial charge in [-0.25, -0.2) is 0 Å². The number of H-pyrrole nitrogens is 1. The van der Waals surface area contributed by atoms with Crippen molar-refractivity contribution in [1.29, 1.82) is 0 Å². The summed E-state index contributed by atoms with van der Waals surface area (Å²) in [6.45, 7) is 1.94. The van der Waals surface area contributed by atoms with Crippen molar-refractivity contribution < 1.29 is 9.53 Å². The summed E-state index contributed by atoms with van der Waals surface area (Å²) >= 11 is 1.56. The number of nitrogens with one attached hydrogen (secondary N) is 1. The fourth-order valence-corrected chi connectivity index (χ4v) is 3.32. The largest absolute Gasteiger partial charge is 0.497 e. The lowest BCUT2D eigenvalue weighted by Crippen LogP contribution is -2.03. The lowest BCUT2D eigenvalue weighted by atomic mass is 10.1. The molecule has 1 heterocycles. The lowest BCUT2D eigenvalue weighted by molar-refractivity contribution is 0.102. The van der Waals surface area contributed by atoms with Gasteiger partial charge in [-0.3, -0.25) is 4.79 Å². The fourth-order valence-electron chi connectivity index (χ4n) is 2.53. The summed E-state index contributed by atoms with van der Waals surface area (Å²) in [7, 11) is 1.63. The van der Waals surface area contributed by atoms with Crippen LogP contribution in [0.2, 0.25) is 0 Å². The summed E-state index contributed by atoms with van der Waals surface area (Å²) in [5.74, 6) is 1.32. The number of ether oxygens (including phenoxy) is 1. The third-order valence-electron chi connectivity index (χ3n) is 3.59. The van der Waals surface area contributed by atoms with Gasteiger partial charge in [0.25, 0.3) is 0 Å². The Morgan fingerprint density at radius 2 is 1.95 bits per heavy atom. The molecule has 0 spiro atoms. The van der Waals surface area contributed by atoms with Crippen molar-refractivity contribution in [3.63, 3.8) is 0 Å². The van der Waals surface area contributed by atoms with Gasteiger partial charge in [-0.1, -0.05) is 18.2 Å². The third kappa shape index (κ3) is 2.88. The highest BCUT2D eigenvalue weighted by Crippen LogP contribution is 2.28. The van der Waals surface area contributed by atoms with E-state index in [0.717, 1.165) is 32.8 Å². The van der Waals surface area contributed by atoms with E-state index < -0.39 is 0 Å². The molecule has 0 radical (unpaired) electrons. The van der Waals surface area contributed by atoms with Crippen molar-refractivity contribution in [2.45, 2.75) is 11.8 Å². The van der Waals surface area contributed by atoms with E-state index in [2.05, 4.69) is 4.98 Å². The SMILES string of the molecule is COc1ccc2[nH]c(C)c(C(=O)CSc3ccccc3)c2c1. The van der Waals surface area contributed by atoms with Crippen LogP contribution in [0.4, 0.5) is 0 Å². The van der Waals surface area contributed by atoms with E-state index in [4.69, 9.17) is 4.74 Å². The van der Waals surface area contributed by atoms with E-state index in [-0.39, 0.29) is 5.78 Å². The van der Waals surface area contributed by atoms with Gasteiger partial charge in [-0.05, 0) is 37.3 Å². The van der Waals surface area contributed by atoms with Crippen molar-refractivity contribution in [2.24, 2.45) is 0 Å². The number of ketones is 1. The molecule has 0 fully saturated rings. The summed E-state index contributed by atoms with van der Waals surface area (Å²) in [4.78, 5) is 17.0. The number of rotatable bonds is 5. The molecule has 1 aromatic heterocycles. The molecule has 22 heavy (non-hydrogen) atoms. The molecule has 3 aromatic rings. The summed E-state index contributed by atoms with van der Waals surface area (Å²) in [5, 5.41) is 0.926. The summed E-state index contributed by atoms with van der Waals surface area (Å²) in [5.41, 5.74) is 2.63. The number of aromatic nitrogens is 1. The molecule has 0 atom stereocenters. The quantitative estimate of drug-likeness (QED) is 0.559. The van der Waals surface area contributed by atoms with Crippen LogP contribution >= 0.6 is 11.8 Å². The molecule has 0 saturated heterocycles. The average Bonchev–Trinajstić information content (AvgIpc) is 2.88. The Hall–Kier alpha value is -2.20. The predicted octanol–water partition coefficient (Wildman–Crippen LogP) is 4.46. The van der Waals surface area contributed by atoms with Crippen LogP contribution in [0.3, 0.4) is 0 Å². The van der Waals surface area contributed by atoms with Crippen molar-refractivity contribution in [2.75, 3.05) is 12.9 Å². The van der Waals surface area contributed by atoms with E-state index in [9.17, 15) is 4.79 Å². The Bertz CT molecular complexity index is 809. The van der Waals surface area contributed by atoms with Crippen LogP contribution in [-0.4, -0.2) is 23.6 Å². The second-order valence-corrected chi connectivity index (χ2v) is 6.11. The average molecular weight is 311 g/mol. The minimum absolute atomic E-state index is 0.130. The van der Waals surface area contributed by atoms with Crippen LogP contribution < -0.4 is 4.74 Å². The normalized spacial score (nSPS) is 10.8. The number of carbonyl (C=O) groups excluding carboxylic acids is 1. The maximum absolute atomic E-state index is 12.6. The smallest absolute Gasteiger partial charge is 0.175 e. The zero-order valence-electron chi connectivity index (χ0n) is 12.6. The highest BCUT2D eigenvalue weighted by molar-refractivity contribution is 8.00. The zero-order valence-corrected chi connectivity index (χ0v) is 13.4. The molecule has 1 N–H and O–H groups in total. The molecular formula is C18H17NO2S. The maximum atomic E-state index is 12.6. The first-order valence-corrected chi connectivity index (χ1v) is 8.05. The van der Waals surface area contributed by atoms with Gasteiger partial charge in [-0.2, -0.15) is 0 Å². The molecule has 0 aliphatic rings. The first kappa shape index (κ1) is 14.7. The fraction of sp³-hybridized carbons (Fsp3) is 0.167. The van der Waals surface area contributed by atoms with Gasteiger partial charge in [0.2, 0.25) is 0 Å². The second kappa shape index (κ2) is 6.28. The number of methoxy groups -OCH3 is 1. The molecule has 0 aliphatic heterocycles. The molecule has 0 amide bonds. The molecular weight excluding hydrogens is 294 g/mol. The van der Waals surface area contributed by atoms with Crippen LogP contribution in [0.5, 0.6) is 5.75 Å². The number of aromatic amines is 1. The Morgan fingerprint density at radius 3 is 2.68 bits per heavy atom. The van der Waals surface area contributed by atoms with E-state index in [0.29, 0.717) is 5.75 Å². The Labute approximate surface area is 133 Å². The highest BCUT2D eigenvalue weighted by atomic mass is 32.2. The molecule has 0 bridgehead atoms. The van der Waals surface area contributed by atoms with Crippen molar-refractivity contribution >= 4 is 28.4 Å². The highest BCUT2D eigenvalue weighted by Gasteiger charge is 2.16. The Morgan fingerprint density at radius 1 is 1.18 bits per heavy atom. The molecule has 3 rings (SSSR count).